The molecule has 0 saturated carbocycles. The van der Waals surface area contributed by atoms with E-state index >= 15 is 0 Å². The lowest BCUT2D eigenvalue weighted by molar-refractivity contribution is 0.0664. The zero-order valence-corrected chi connectivity index (χ0v) is 13.7. The summed E-state index contributed by atoms with van der Waals surface area (Å²) in [4.78, 5) is 16.6. The molecule has 1 heterocycles. The van der Waals surface area contributed by atoms with Crippen LogP contribution in [0, 0.1) is 11.3 Å². The molecule has 1 fully saturated rings. The number of carbonyl (C=O) groups is 1. The Morgan fingerprint density at radius 2 is 1.75 bits per heavy atom. The number of anilines is 2. The van der Waals surface area contributed by atoms with Crippen LogP contribution in [0.15, 0.2) is 48.5 Å². The third kappa shape index (κ3) is 3.73. The number of hydrogen-bond acceptors (Lipinski definition) is 4. The van der Waals surface area contributed by atoms with Gasteiger partial charge in [-0.25, -0.2) is 0 Å². The van der Waals surface area contributed by atoms with Gasteiger partial charge in [-0.1, -0.05) is 6.07 Å². The largest absolute Gasteiger partial charge is 0.355 e. The summed E-state index contributed by atoms with van der Waals surface area (Å²) in [5.41, 5.74) is 3.06. The van der Waals surface area contributed by atoms with Crippen LogP contribution in [0.4, 0.5) is 11.4 Å². The standard InChI is InChI=1S/C19H20N4O/c1-22-9-11-23(12-10-22)19(24)16-5-7-17(8-6-16)21-18-4-2-3-15(13-18)14-20/h2-8,13,21H,9-12H2,1H3. The van der Waals surface area contributed by atoms with Gasteiger partial charge in [-0.2, -0.15) is 5.26 Å². The highest BCUT2D eigenvalue weighted by Crippen LogP contribution is 2.19. The topological polar surface area (TPSA) is 59.4 Å². The van der Waals surface area contributed by atoms with Crippen LogP contribution in [0.3, 0.4) is 0 Å². The second-order valence-corrected chi connectivity index (χ2v) is 5.99. The SMILES string of the molecule is CN1CCN(C(=O)c2ccc(Nc3cccc(C#N)c3)cc2)CC1. The Hall–Kier alpha value is -2.84. The summed E-state index contributed by atoms with van der Waals surface area (Å²) in [6.45, 7) is 3.38. The van der Waals surface area contributed by atoms with Gasteiger partial charge in [0, 0.05) is 43.1 Å². The summed E-state index contributed by atoms with van der Waals surface area (Å²) in [7, 11) is 2.07. The normalized spacial score (nSPS) is 14.9. The molecule has 2 aromatic rings. The van der Waals surface area contributed by atoms with Gasteiger partial charge in [-0.15, -0.1) is 0 Å². The molecule has 5 nitrogen and oxygen atoms in total. The summed E-state index contributed by atoms with van der Waals surface area (Å²) in [5, 5.41) is 12.2. The zero-order valence-electron chi connectivity index (χ0n) is 13.7. The van der Waals surface area contributed by atoms with Gasteiger partial charge in [0.2, 0.25) is 0 Å². The number of benzene rings is 2. The summed E-state index contributed by atoms with van der Waals surface area (Å²) < 4.78 is 0. The Kier molecular flexibility index (Phi) is 4.78. The highest BCUT2D eigenvalue weighted by Gasteiger charge is 2.20. The molecule has 1 aliphatic rings. The minimum absolute atomic E-state index is 0.0844. The molecule has 2 aromatic carbocycles. The number of rotatable bonds is 3. The van der Waals surface area contributed by atoms with Crippen LogP contribution < -0.4 is 5.32 Å². The van der Waals surface area contributed by atoms with E-state index in [9.17, 15) is 4.79 Å². The number of nitriles is 1. The van der Waals surface area contributed by atoms with E-state index < -0.39 is 0 Å². The van der Waals surface area contributed by atoms with Crippen molar-refractivity contribution in [3.05, 3.63) is 59.7 Å². The van der Waals surface area contributed by atoms with Crippen molar-refractivity contribution in [2.24, 2.45) is 0 Å². The molecule has 0 radical (unpaired) electrons. The molecule has 1 saturated heterocycles. The maximum Gasteiger partial charge on any atom is 0.253 e. The molecule has 122 valence electrons. The summed E-state index contributed by atoms with van der Waals surface area (Å²) in [6.07, 6.45) is 0. The van der Waals surface area contributed by atoms with Crippen LogP contribution >= 0.6 is 0 Å². The summed E-state index contributed by atoms with van der Waals surface area (Å²) in [5.74, 6) is 0.0844. The first-order valence-electron chi connectivity index (χ1n) is 8.01. The van der Waals surface area contributed by atoms with Crippen molar-refractivity contribution < 1.29 is 4.79 Å². The number of amides is 1. The zero-order chi connectivity index (χ0) is 16.9. The van der Waals surface area contributed by atoms with Crippen molar-refractivity contribution in [1.29, 1.82) is 5.26 Å². The van der Waals surface area contributed by atoms with Crippen molar-refractivity contribution >= 4 is 17.3 Å². The molecule has 3 rings (SSSR count). The quantitative estimate of drug-likeness (QED) is 0.944. The molecule has 1 aliphatic heterocycles. The van der Waals surface area contributed by atoms with E-state index in [1.54, 1.807) is 12.1 Å². The van der Waals surface area contributed by atoms with Gasteiger partial charge < -0.3 is 15.1 Å². The van der Waals surface area contributed by atoms with Crippen molar-refractivity contribution in [2.45, 2.75) is 0 Å². The molecule has 0 spiro atoms. The number of nitrogens with one attached hydrogen (secondary N) is 1. The summed E-state index contributed by atoms with van der Waals surface area (Å²) in [6, 6.07) is 16.9. The van der Waals surface area contributed by atoms with Gasteiger partial charge in [0.05, 0.1) is 11.6 Å². The maximum absolute atomic E-state index is 12.5. The molecule has 24 heavy (non-hydrogen) atoms. The van der Waals surface area contributed by atoms with E-state index in [-0.39, 0.29) is 5.91 Å². The molecular formula is C19H20N4O. The van der Waals surface area contributed by atoms with Crippen LogP contribution in [0.25, 0.3) is 0 Å². The van der Waals surface area contributed by atoms with Gasteiger partial charge in [0.15, 0.2) is 0 Å². The lowest BCUT2D eigenvalue weighted by Gasteiger charge is -2.32. The van der Waals surface area contributed by atoms with E-state index in [1.807, 2.05) is 41.3 Å². The van der Waals surface area contributed by atoms with Gasteiger partial charge >= 0.3 is 0 Å². The van der Waals surface area contributed by atoms with Crippen LogP contribution in [-0.2, 0) is 0 Å². The average molecular weight is 320 g/mol. The van der Waals surface area contributed by atoms with E-state index in [0.717, 1.165) is 37.6 Å². The Balaban J connectivity index is 1.67. The minimum Gasteiger partial charge on any atom is -0.355 e. The fourth-order valence-electron chi connectivity index (χ4n) is 2.72. The highest BCUT2D eigenvalue weighted by atomic mass is 16.2. The van der Waals surface area contributed by atoms with Gasteiger partial charge in [-0.05, 0) is 49.5 Å². The minimum atomic E-state index is 0.0844. The van der Waals surface area contributed by atoms with E-state index in [1.165, 1.54) is 0 Å². The average Bonchev–Trinajstić information content (AvgIpc) is 2.62. The Labute approximate surface area is 142 Å². The Morgan fingerprint density at radius 1 is 1.04 bits per heavy atom. The molecular weight excluding hydrogens is 300 g/mol. The smallest absolute Gasteiger partial charge is 0.253 e. The van der Waals surface area contributed by atoms with E-state index in [0.29, 0.717) is 11.1 Å². The molecule has 1 N–H and O–H groups in total. The second-order valence-electron chi connectivity index (χ2n) is 5.99. The van der Waals surface area contributed by atoms with Crippen LogP contribution in [0.1, 0.15) is 15.9 Å². The molecule has 0 aromatic heterocycles. The van der Waals surface area contributed by atoms with Gasteiger partial charge in [0.25, 0.3) is 5.91 Å². The number of carbonyl (C=O) groups excluding carboxylic acids is 1. The molecule has 0 unspecified atom stereocenters. The first-order valence-corrected chi connectivity index (χ1v) is 8.01. The van der Waals surface area contributed by atoms with Crippen LogP contribution in [0.2, 0.25) is 0 Å². The second kappa shape index (κ2) is 7.16. The Bertz CT molecular complexity index is 756. The predicted molar refractivity (Wildman–Crippen MR) is 94.3 cm³/mol. The number of hydrogen-bond donors (Lipinski definition) is 1. The first kappa shape index (κ1) is 16.0. The van der Waals surface area contributed by atoms with E-state index in [4.69, 9.17) is 5.26 Å². The Morgan fingerprint density at radius 3 is 2.42 bits per heavy atom. The van der Waals surface area contributed by atoms with E-state index in [2.05, 4.69) is 23.3 Å². The van der Waals surface area contributed by atoms with Crippen LogP contribution in [0.5, 0.6) is 0 Å². The van der Waals surface area contributed by atoms with Crippen molar-refractivity contribution in [2.75, 3.05) is 38.5 Å². The molecule has 0 bridgehead atoms. The van der Waals surface area contributed by atoms with Crippen molar-refractivity contribution in [3.8, 4) is 6.07 Å². The summed E-state index contributed by atoms with van der Waals surface area (Å²) >= 11 is 0. The lowest BCUT2D eigenvalue weighted by atomic mass is 10.1. The monoisotopic (exact) mass is 320 g/mol. The third-order valence-corrected chi connectivity index (χ3v) is 4.20. The molecule has 5 heteroatoms. The third-order valence-electron chi connectivity index (χ3n) is 4.20. The van der Waals surface area contributed by atoms with Crippen molar-refractivity contribution in [1.82, 2.24) is 9.80 Å². The molecule has 0 atom stereocenters. The number of likely N-dealkylation sites (N-methyl/N-ethyl adjacent to an activating group) is 1. The number of piperazine rings is 1. The first-order chi connectivity index (χ1) is 11.7. The molecule has 0 aliphatic carbocycles. The highest BCUT2D eigenvalue weighted by molar-refractivity contribution is 5.94. The maximum atomic E-state index is 12.5. The predicted octanol–water partition coefficient (Wildman–Crippen LogP) is 2.69. The molecule has 1 amide bonds. The van der Waals surface area contributed by atoms with Crippen molar-refractivity contribution in [3.63, 3.8) is 0 Å². The van der Waals surface area contributed by atoms with Crippen LogP contribution in [-0.4, -0.2) is 48.9 Å². The van der Waals surface area contributed by atoms with Gasteiger partial charge in [-0.3, -0.25) is 4.79 Å². The lowest BCUT2D eigenvalue weighted by Crippen LogP contribution is -2.47. The fraction of sp³-hybridized carbons (Fsp3) is 0.263. The number of nitrogens with zero attached hydrogens (tertiary/aromatic N) is 3. The fourth-order valence-corrected chi connectivity index (χ4v) is 2.72. The van der Waals surface area contributed by atoms with Gasteiger partial charge in [0.1, 0.15) is 0 Å².